The minimum absolute atomic E-state index is 0.385. The number of aromatic nitrogens is 2. The number of thioether (sulfide) groups is 1. The molecule has 0 bridgehead atoms. The quantitative estimate of drug-likeness (QED) is 0.727. The van der Waals surface area contributed by atoms with Crippen LogP contribution in [-0.2, 0) is 0 Å². The Kier molecular flexibility index (Phi) is 4.04. The SMILES string of the molecule is N#CCSc1nc(-c2ccccc2)c(-c2ccccc2)[nH]1. The molecule has 0 fully saturated rings. The van der Waals surface area contributed by atoms with Crippen LogP contribution < -0.4 is 0 Å². The predicted octanol–water partition coefficient (Wildman–Crippen LogP) is 4.36. The molecule has 0 amide bonds. The van der Waals surface area contributed by atoms with E-state index in [0.717, 1.165) is 27.7 Å². The lowest BCUT2D eigenvalue weighted by atomic mass is 10.1. The van der Waals surface area contributed by atoms with E-state index in [1.807, 2.05) is 48.5 Å². The van der Waals surface area contributed by atoms with Gasteiger partial charge in [-0.1, -0.05) is 72.4 Å². The van der Waals surface area contributed by atoms with Gasteiger partial charge in [-0.2, -0.15) is 5.26 Å². The first-order chi connectivity index (χ1) is 10.4. The van der Waals surface area contributed by atoms with Crippen molar-refractivity contribution in [1.29, 1.82) is 5.26 Å². The van der Waals surface area contributed by atoms with Gasteiger partial charge in [0.25, 0.3) is 0 Å². The van der Waals surface area contributed by atoms with E-state index in [-0.39, 0.29) is 0 Å². The standard InChI is InChI=1S/C17H13N3S/c18-11-12-21-17-19-15(13-7-3-1-4-8-13)16(20-17)14-9-5-2-6-10-14/h1-10H,12H2,(H,19,20). The molecule has 102 valence electrons. The van der Waals surface area contributed by atoms with E-state index in [0.29, 0.717) is 5.75 Å². The van der Waals surface area contributed by atoms with Crippen molar-refractivity contribution in [2.24, 2.45) is 0 Å². The van der Waals surface area contributed by atoms with Crippen LogP contribution in [0.5, 0.6) is 0 Å². The third-order valence-electron chi connectivity index (χ3n) is 3.07. The van der Waals surface area contributed by atoms with E-state index < -0.39 is 0 Å². The van der Waals surface area contributed by atoms with E-state index in [1.54, 1.807) is 0 Å². The summed E-state index contributed by atoms with van der Waals surface area (Å²) >= 11 is 1.42. The highest BCUT2D eigenvalue weighted by molar-refractivity contribution is 7.99. The van der Waals surface area contributed by atoms with Crippen LogP contribution in [0.2, 0.25) is 0 Å². The molecule has 0 atom stereocenters. The molecule has 0 radical (unpaired) electrons. The van der Waals surface area contributed by atoms with Gasteiger partial charge in [-0.05, 0) is 0 Å². The topological polar surface area (TPSA) is 52.5 Å². The zero-order chi connectivity index (χ0) is 14.5. The average molecular weight is 291 g/mol. The van der Waals surface area contributed by atoms with Gasteiger partial charge in [0.15, 0.2) is 5.16 Å². The number of hydrogen-bond donors (Lipinski definition) is 1. The molecule has 3 nitrogen and oxygen atoms in total. The van der Waals surface area contributed by atoms with Gasteiger partial charge < -0.3 is 4.98 Å². The van der Waals surface area contributed by atoms with Crippen molar-refractivity contribution in [3.05, 3.63) is 60.7 Å². The zero-order valence-electron chi connectivity index (χ0n) is 11.3. The summed E-state index contributed by atoms with van der Waals surface area (Å²) in [7, 11) is 0. The van der Waals surface area contributed by atoms with Crippen LogP contribution >= 0.6 is 11.8 Å². The molecule has 21 heavy (non-hydrogen) atoms. The maximum Gasteiger partial charge on any atom is 0.167 e. The smallest absolute Gasteiger partial charge is 0.167 e. The van der Waals surface area contributed by atoms with Gasteiger partial charge in [-0.15, -0.1) is 0 Å². The minimum atomic E-state index is 0.385. The lowest BCUT2D eigenvalue weighted by molar-refractivity contribution is 1.06. The number of nitriles is 1. The van der Waals surface area contributed by atoms with Crippen LogP contribution in [0.15, 0.2) is 65.8 Å². The van der Waals surface area contributed by atoms with Gasteiger partial charge in [0, 0.05) is 11.1 Å². The highest BCUT2D eigenvalue weighted by Gasteiger charge is 2.13. The number of benzene rings is 2. The number of rotatable bonds is 4. The number of imidazole rings is 1. The Hall–Kier alpha value is -2.51. The van der Waals surface area contributed by atoms with E-state index in [2.05, 4.69) is 28.2 Å². The number of nitrogens with zero attached hydrogens (tertiary/aromatic N) is 2. The Labute approximate surface area is 127 Å². The van der Waals surface area contributed by atoms with Crippen molar-refractivity contribution in [2.75, 3.05) is 5.75 Å². The maximum atomic E-state index is 8.73. The highest BCUT2D eigenvalue weighted by Crippen LogP contribution is 2.32. The largest absolute Gasteiger partial charge is 0.332 e. The van der Waals surface area contributed by atoms with Crippen LogP contribution in [-0.4, -0.2) is 15.7 Å². The first kappa shape index (κ1) is 13.5. The fourth-order valence-corrected chi connectivity index (χ4v) is 2.67. The first-order valence-corrected chi connectivity index (χ1v) is 7.57. The molecule has 0 spiro atoms. The Balaban J connectivity index is 2.09. The predicted molar refractivity (Wildman–Crippen MR) is 85.8 cm³/mol. The van der Waals surface area contributed by atoms with Gasteiger partial charge in [0.1, 0.15) is 0 Å². The van der Waals surface area contributed by atoms with Gasteiger partial charge in [-0.3, -0.25) is 0 Å². The van der Waals surface area contributed by atoms with Crippen molar-refractivity contribution in [1.82, 2.24) is 9.97 Å². The molecule has 1 N–H and O–H groups in total. The summed E-state index contributed by atoms with van der Waals surface area (Å²) in [6.45, 7) is 0. The molecule has 0 aliphatic rings. The lowest BCUT2D eigenvalue weighted by Gasteiger charge is -2.02. The fourth-order valence-electron chi connectivity index (χ4n) is 2.14. The molecule has 0 aliphatic heterocycles. The Morgan fingerprint density at radius 1 is 0.952 bits per heavy atom. The highest BCUT2D eigenvalue weighted by atomic mass is 32.2. The molecule has 1 aromatic heterocycles. The summed E-state index contributed by atoms with van der Waals surface area (Å²) < 4.78 is 0. The van der Waals surface area contributed by atoms with E-state index in [4.69, 9.17) is 5.26 Å². The van der Waals surface area contributed by atoms with Crippen LogP contribution in [0.25, 0.3) is 22.5 Å². The fraction of sp³-hybridized carbons (Fsp3) is 0.0588. The molecule has 0 saturated heterocycles. The first-order valence-electron chi connectivity index (χ1n) is 6.59. The van der Waals surface area contributed by atoms with Gasteiger partial charge >= 0.3 is 0 Å². The third kappa shape index (κ3) is 2.99. The molecule has 1 heterocycles. The summed E-state index contributed by atoms with van der Waals surface area (Å²) in [5.74, 6) is 0.385. The molecule has 3 rings (SSSR count). The van der Waals surface area contributed by atoms with Crippen LogP contribution in [0.1, 0.15) is 0 Å². The van der Waals surface area contributed by atoms with E-state index >= 15 is 0 Å². The Morgan fingerprint density at radius 3 is 2.19 bits per heavy atom. The van der Waals surface area contributed by atoms with Crippen LogP contribution in [0.3, 0.4) is 0 Å². The summed E-state index contributed by atoms with van der Waals surface area (Å²) in [5, 5.41) is 9.50. The second-order valence-corrected chi connectivity index (χ2v) is 5.41. The second-order valence-electron chi connectivity index (χ2n) is 4.44. The molecule has 2 aromatic carbocycles. The monoisotopic (exact) mass is 291 g/mol. The van der Waals surface area contributed by atoms with Gasteiger partial charge in [0.05, 0.1) is 23.2 Å². The Morgan fingerprint density at radius 2 is 1.57 bits per heavy atom. The number of aromatic amines is 1. The summed E-state index contributed by atoms with van der Waals surface area (Å²) in [5.41, 5.74) is 4.06. The third-order valence-corrected chi connectivity index (χ3v) is 3.81. The second kappa shape index (κ2) is 6.29. The number of H-pyrrole nitrogens is 1. The molecule has 0 aliphatic carbocycles. The number of hydrogen-bond acceptors (Lipinski definition) is 3. The van der Waals surface area contributed by atoms with Gasteiger partial charge in [-0.25, -0.2) is 4.98 Å². The van der Waals surface area contributed by atoms with E-state index in [1.165, 1.54) is 11.8 Å². The molecular formula is C17H13N3S. The van der Waals surface area contributed by atoms with Crippen LogP contribution in [0.4, 0.5) is 0 Å². The average Bonchev–Trinajstić information content (AvgIpc) is 2.99. The van der Waals surface area contributed by atoms with Gasteiger partial charge in [0.2, 0.25) is 0 Å². The lowest BCUT2D eigenvalue weighted by Crippen LogP contribution is -1.82. The molecule has 3 aromatic rings. The van der Waals surface area contributed by atoms with Crippen molar-refractivity contribution in [3.8, 4) is 28.6 Å². The molecule has 0 unspecified atom stereocenters. The van der Waals surface area contributed by atoms with Crippen molar-refractivity contribution in [2.45, 2.75) is 5.16 Å². The summed E-state index contributed by atoms with van der Waals surface area (Å²) in [6, 6.07) is 22.3. The van der Waals surface area contributed by atoms with Crippen molar-refractivity contribution in [3.63, 3.8) is 0 Å². The van der Waals surface area contributed by atoms with E-state index in [9.17, 15) is 0 Å². The zero-order valence-corrected chi connectivity index (χ0v) is 12.1. The normalized spacial score (nSPS) is 10.2. The molecule has 4 heteroatoms. The summed E-state index contributed by atoms with van der Waals surface area (Å²) in [6.07, 6.45) is 0. The minimum Gasteiger partial charge on any atom is -0.332 e. The van der Waals surface area contributed by atoms with Crippen LogP contribution in [0, 0.1) is 11.3 Å². The van der Waals surface area contributed by atoms with Crippen molar-refractivity contribution < 1.29 is 0 Å². The maximum absolute atomic E-state index is 8.73. The Bertz CT molecular complexity index is 701. The molecule has 0 saturated carbocycles. The number of nitrogens with one attached hydrogen (secondary N) is 1. The summed E-state index contributed by atoms with van der Waals surface area (Å²) in [4.78, 5) is 7.98. The van der Waals surface area contributed by atoms with Crippen molar-refractivity contribution >= 4 is 11.8 Å². The molecular weight excluding hydrogens is 278 g/mol.